The first-order valence-corrected chi connectivity index (χ1v) is 5.77. The molecule has 0 aliphatic carbocycles. The maximum Gasteiger partial charge on any atom is 0.124 e. The molecule has 1 aromatic carbocycles. The van der Waals surface area contributed by atoms with Crippen LogP contribution in [0.2, 0.25) is 0 Å². The quantitative estimate of drug-likeness (QED) is 0.875. The molecule has 0 bridgehead atoms. The van der Waals surface area contributed by atoms with Gasteiger partial charge in [0.1, 0.15) is 17.4 Å². The van der Waals surface area contributed by atoms with Gasteiger partial charge in [-0.1, -0.05) is 0 Å². The van der Waals surface area contributed by atoms with Crippen LogP contribution in [0, 0.1) is 5.82 Å². The smallest absolute Gasteiger partial charge is 0.124 e. The third-order valence-corrected chi connectivity index (χ3v) is 2.75. The zero-order valence-corrected chi connectivity index (χ0v) is 10.3. The molecule has 0 atom stereocenters. The summed E-state index contributed by atoms with van der Waals surface area (Å²) in [4.78, 5) is 4.23. The van der Waals surface area contributed by atoms with Gasteiger partial charge in [0, 0.05) is 24.4 Å². The van der Waals surface area contributed by atoms with Crippen molar-refractivity contribution in [2.75, 3.05) is 13.7 Å². The summed E-state index contributed by atoms with van der Waals surface area (Å²) in [5.41, 5.74) is 6.31. The predicted molar refractivity (Wildman–Crippen MR) is 67.0 cm³/mol. The van der Waals surface area contributed by atoms with Crippen molar-refractivity contribution in [1.29, 1.82) is 0 Å². The zero-order chi connectivity index (χ0) is 13.0. The highest BCUT2D eigenvalue weighted by molar-refractivity contribution is 5.34. The Kier molecular flexibility index (Phi) is 3.94. The summed E-state index contributed by atoms with van der Waals surface area (Å²) < 4.78 is 20.4. The molecular formula is C13H16FN3O. The largest absolute Gasteiger partial charge is 0.496 e. The lowest BCUT2D eigenvalue weighted by Gasteiger charge is -2.11. The second-order valence-corrected chi connectivity index (χ2v) is 3.97. The first-order valence-electron chi connectivity index (χ1n) is 5.77. The van der Waals surface area contributed by atoms with E-state index in [9.17, 15) is 4.39 Å². The summed E-state index contributed by atoms with van der Waals surface area (Å²) in [5, 5.41) is 0. The van der Waals surface area contributed by atoms with Crippen LogP contribution in [0.3, 0.4) is 0 Å². The molecular weight excluding hydrogens is 233 g/mol. The van der Waals surface area contributed by atoms with Gasteiger partial charge in [-0.05, 0) is 24.7 Å². The molecule has 0 aliphatic heterocycles. The van der Waals surface area contributed by atoms with Crippen molar-refractivity contribution < 1.29 is 9.13 Å². The van der Waals surface area contributed by atoms with E-state index in [-0.39, 0.29) is 5.82 Å². The van der Waals surface area contributed by atoms with Crippen molar-refractivity contribution in [3.8, 4) is 5.75 Å². The molecule has 0 saturated carbocycles. The van der Waals surface area contributed by atoms with Crippen LogP contribution in [0.5, 0.6) is 5.75 Å². The van der Waals surface area contributed by atoms with Crippen LogP contribution in [0.1, 0.15) is 11.4 Å². The van der Waals surface area contributed by atoms with Crippen LogP contribution in [-0.2, 0) is 13.0 Å². The highest BCUT2D eigenvalue weighted by Gasteiger charge is 2.08. The molecule has 18 heavy (non-hydrogen) atoms. The summed E-state index contributed by atoms with van der Waals surface area (Å²) in [6.07, 6.45) is 4.27. The van der Waals surface area contributed by atoms with Gasteiger partial charge >= 0.3 is 0 Å². The summed E-state index contributed by atoms with van der Waals surface area (Å²) in [6, 6.07) is 4.49. The number of ether oxygens (including phenoxy) is 1. The average Bonchev–Trinajstić information content (AvgIpc) is 2.78. The van der Waals surface area contributed by atoms with Gasteiger partial charge in [-0.25, -0.2) is 9.37 Å². The molecule has 96 valence electrons. The highest BCUT2D eigenvalue weighted by atomic mass is 19.1. The van der Waals surface area contributed by atoms with E-state index in [1.165, 1.54) is 12.1 Å². The van der Waals surface area contributed by atoms with E-state index in [1.54, 1.807) is 19.4 Å². The maximum atomic E-state index is 13.3. The number of benzene rings is 1. The third-order valence-electron chi connectivity index (χ3n) is 2.75. The van der Waals surface area contributed by atoms with Crippen LogP contribution in [0.15, 0.2) is 30.6 Å². The normalized spacial score (nSPS) is 10.6. The number of aromatic nitrogens is 2. The van der Waals surface area contributed by atoms with Gasteiger partial charge in [0.2, 0.25) is 0 Å². The Morgan fingerprint density at radius 2 is 2.28 bits per heavy atom. The maximum absolute atomic E-state index is 13.3. The lowest BCUT2D eigenvalue weighted by molar-refractivity contribution is 0.406. The Morgan fingerprint density at radius 1 is 1.44 bits per heavy atom. The first kappa shape index (κ1) is 12.6. The molecule has 0 aliphatic rings. The topological polar surface area (TPSA) is 53.1 Å². The number of halogens is 1. The summed E-state index contributed by atoms with van der Waals surface area (Å²) in [5.74, 6) is 1.29. The Balaban J connectivity index is 2.27. The van der Waals surface area contributed by atoms with E-state index < -0.39 is 0 Å². The van der Waals surface area contributed by atoms with E-state index in [4.69, 9.17) is 10.5 Å². The molecule has 0 saturated heterocycles. The zero-order valence-electron chi connectivity index (χ0n) is 10.3. The van der Waals surface area contributed by atoms with E-state index in [1.807, 2.05) is 10.8 Å². The number of hydrogen-bond donors (Lipinski definition) is 1. The highest BCUT2D eigenvalue weighted by Crippen LogP contribution is 2.20. The van der Waals surface area contributed by atoms with Crippen molar-refractivity contribution in [3.63, 3.8) is 0 Å². The molecule has 5 heteroatoms. The van der Waals surface area contributed by atoms with Crippen molar-refractivity contribution >= 4 is 0 Å². The molecule has 1 heterocycles. The van der Waals surface area contributed by atoms with Crippen LogP contribution in [0.4, 0.5) is 4.39 Å². The SMILES string of the molecule is COc1ccc(F)cc1Cn1ccnc1CCN. The Morgan fingerprint density at radius 3 is 3.00 bits per heavy atom. The monoisotopic (exact) mass is 249 g/mol. The molecule has 0 spiro atoms. The fourth-order valence-corrected chi connectivity index (χ4v) is 1.90. The minimum absolute atomic E-state index is 0.272. The lowest BCUT2D eigenvalue weighted by atomic mass is 10.2. The van der Waals surface area contributed by atoms with Crippen molar-refractivity contribution in [2.45, 2.75) is 13.0 Å². The fourth-order valence-electron chi connectivity index (χ4n) is 1.90. The van der Waals surface area contributed by atoms with Crippen molar-refractivity contribution in [3.05, 3.63) is 47.8 Å². The van der Waals surface area contributed by atoms with Crippen LogP contribution >= 0.6 is 0 Å². The minimum Gasteiger partial charge on any atom is -0.496 e. The van der Waals surface area contributed by atoms with Crippen LogP contribution in [0.25, 0.3) is 0 Å². The van der Waals surface area contributed by atoms with Crippen LogP contribution in [-0.4, -0.2) is 23.2 Å². The second-order valence-electron chi connectivity index (χ2n) is 3.97. The summed E-state index contributed by atoms with van der Waals surface area (Å²) in [7, 11) is 1.57. The Labute approximate surface area is 105 Å². The van der Waals surface area contributed by atoms with Gasteiger partial charge < -0.3 is 15.0 Å². The first-order chi connectivity index (χ1) is 8.74. The Bertz CT molecular complexity index is 525. The van der Waals surface area contributed by atoms with E-state index >= 15 is 0 Å². The minimum atomic E-state index is -0.272. The van der Waals surface area contributed by atoms with Gasteiger partial charge in [-0.3, -0.25) is 0 Å². The number of nitrogens with zero attached hydrogens (tertiary/aromatic N) is 2. The fraction of sp³-hybridized carbons (Fsp3) is 0.308. The molecule has 4 nitrogen and oxygen atoms in total. The van der Waals surface area contributed by atoms with Gasteiger partial charge in [0.25, 0.3) is 0 Å². The second kappa shape index (κ2) is 5.64. The standard InChI is InChI=1S/C13H16FN3O/c1-18-12-3-2-11(14)8-10(12)9-17-7-6-16-13(17)4-5-15/h2-3,6-8H,4-5,9,15H2,1H3. The molecule has 1 aromatic heterocycles. The van der Waals surface area contributed by atoms with Gasteiger partial charge in [-0.2, -0.15) is 0 Å². The van der Waals surface area contributed by atoms with Gasteiger partial charge in [0.15, 0.2) is 0 Å². The summed E-state index contributed by atoms with van der Waals surface area (Å²) >= 11 is 0. The molecule has 2 N–H and O–H groups in total. The molecule has 0 amide bonds. The van der Waals surface area contributed by atoms with Gasteiger partial charge in [0.05, 0.1) is 13.7 Å². The van der Waals surface area contributed by atoms with E-state index in [0.29, 0.717) is 25.3 Å². The molecule has 0 radical (unpaired) electrons. The number of rotatable bonds is 5. The van der Waals surface area contributed by atoms with Crippen LogP contribution < -0.4 is 10.5 Å². The van der Waals surface area contributed by atoms with E-state index in [0.717, 1.165) is 11.4 Å². The van der Waals surface area contributed by atoms with Crippen molar-refractivity contribution in [2.24, 2.45) is 5.73 Å². The van der Waals surface area contributed by atoms with E-state index in [2.05, 4.69) is 4.98 Å². The van der Waals surface area contributed by atoms with Gasteiger partial charge in [-0.15, -0.1) is 0 Å². The molecule has 0 fully saturated rings. The number of methoxy groups -OCH3 is 1. The average molecular weight is 249 g/mol. The number of hydrogen-bond acceptors (Lipinski definition) is 3. The molecule has 2 rings (SSSR count). The molecule has 2 aromatic rings. The third kappa shape index (κ3) is 2.68. The Hall–Kier alpha value is -1.88. The predicted octanol–water partition coefficient (Wildman–Crippen LogP) is 1.58. The lowest BCUT2D eigenvalue weighted by Crippen LogP contribution is -2.11. The van der Waals surface area contributed by atoms with Crippen molar-refractivity contribution in [1.82, 2.24) is 9.55 Å². The number of imidazole rings is 1. The number of nitrogens with two attached hydrogens (primary N) is 1. The summed E-state index contributed by atoms with van der Waals surface area (Å²) in [6.45, 7) is 1.06. The molecule has 0 unspecified atom stereocenters.